The van der Waals surface area contributed by atoms with Crippen molar-refractivity contribution in [1.82, 2.24) is 4.90 Å². The highest BCUT2D eigenvalue weighted by molar-refractivity contribution is 8.18. The van der Waals surface area contributed by atoms with Crippen molar-refractivity contribution in [2.75, 3.05) is 7.11 Å². The van der Waals surface area contributed by atoms with Crippen molar-refractivity contribution in [3.05, 3.63) is 99.5 Å². The fraction of sp³-hybridized carbons (Fsp3) is 0.111. The average Bonchev–Trinajstić information content (AvgIpc) is 3.15. The molecule has 3 aromatic rings. The first-order valence-corrected chi connectivity index (χ1v) is 11.6. The summed E-state index contributed by atoms with van der Waals surface area (Å²) >= 11 is 0.854. The number of carboxylic acid groups (broad SMARTS) is 1. The molecule has 0 aliphatic carbocycles. The first kappa shape index (κ1) is 24.6. The van der Waals surface area contributed by atoms with Crippen molar-refractivity contribution in [3.8, 4) is 17.6 Å². The predicted molar refractivity (Wildman–Crippen MR) is 133 cm³/mol. The molecule has 0 atom stereocenters. The maximum Gasteiger partial charge on any atom is 0.335 e. The molecule has 2 amide bonds. The normalized spacial score (nSPS) is 14.1. The Labute approximate surface area is 211 Å². The molecule has 180 valence electrons. The SMILES string of the molecule is COc1cc(/C=C2\SC(=O)N(Cc3cccc(C#N)c3)C2=O)ccc1OCc1ccc(C(=O)O)cc1. The maximum atomic E-state index is 12.9. The Morgan fingerprint density at radius 1 is 1.06 bits per heavy atom. The number of amides is 2. The highest BCUT2D eigenvalue weighted by Gasteiger charge is 2.35. The van der Waals surface area contributed by atoms with Crippen molar-refractivity contribution in [2.24, 2.45) is 0 Å². The number of hydrogen-bond donors (Lipinski definition) is 1. The van der Waals surface area contributed by atoms with E-state index in [1.807, 2.05) is 6.07 Å². The Morgan fingerprint density at radius 2 is 1.83 bits per heavy atom. The average molecular weight is 501 g/mol. The van der Waals surface area contributed by atoms with E-state index in [2.05, 4.69) is 0 Å². The minimum Gasteiger partial charge on any atom is -0.493 e. The molecule has 8 nitrogen and oxygen atoms in total. The van der Waals surface area contributed by atoms with E-state index in [1.165, 1.54) is 19.2 Å². The Morgan fingerprint density at radius 3 is 2.53 bits per heavy atom. The van der Waals surface area contributed by atoms with Gasteiger partial charge in [-0.25, -0.2) is 4.79 Å². The van der Waals surface area contributed by atoms with Gasteiger partial charge in [0.05, 0.1) is 35.8 Å². The lowest BCUT2D eigenvalue weighted by molar-refractivity contribution is -0.123. The maximum absolute atomic E-state index is 12.9. The number of thioether (sulfide) groups is 1. The van der Waals surface area contributed by atoms with Crippen LogP contribution in [0.1, 0.15) is 32.6 Å². The van der Waals surface area contributed by atoms with Gasteiger partial charge in [-0.2, -0.15) is 5.26 Å². The lowest BCUT2D eigenvalue weighted by atomic mass is 10.1. The van der Waals surface area contributed by atoms with Gasteiger partial charge in [-0.3, -0.25) is 14.5 Å². The zero-order chi connectivity index (χ0) is 25.7. The standard InChI is InChI=1S/C27H20N2O6S/c1-34-23-12-18(7-10-22(23)35-16-17-5-8-21(9-6-17)26(31)32)13-24-25(30)29(27(33)36-24)15-20-4-2-3-19(11-20)14-28/h2-13H,15-16H2,1H3,(H,31,32)/b24-13-. The van der Waals surface area contributed by atoms with E-state index in [-0.39, 0.29) is 28.9 Å². The third-order valence-corrected chi connectivity index (χ3v) is 6.26. The second-order valence-corrected chi connectivity index (χ2v) is 8.77. The Hall–Kier alpha value is -4.55. The molecule has 0 spiro atoms. The number of ether oxygens (including phenoxy) is 2. The fourth-order valence-corrected chi connectivity index (χ4v) is 4.35. The summed E-state index contributed by atoms with van der Waals surface area (Å²) in [6.07, 6.45) is 1.62. The van der Waals surface area contributed by atoms with Crippen molar-refractivity contribution < 1.29 is 29.0 Å². The van der Waals surface area contributed by atoms with Crippen LogP contribution in [0.2, 0.25) is 0 Å². The number of hydrogen-bond acceptors (Lipinski definition) is 7. The lowest BCUT2D eigenvalue weighted by Crippen LogP contribution is -2.27. The van der Waals surface area contributed by atoms with Gasteiger partial charge in [-0.1, -0.05) is 30.3 Å². The molecule has 0 unspecified atom stereocenters. The van der Waals surface area contributed by atoms with Crippen LogP contribution in [0.5, 0.6) is 11.5 Å². The number of carboxylic acids is 1. The third kappa shape index (κ3) is 5.56. The number of nitrogens with zero attached hydrogens (tertiary/aromatic N) is 2. The number of aromatic carboxylic acids is 1. The number of methoxy groups -OCH3 is 1. The summed E-state index contributed by atoms with van der Waals surface area (Å²) in [6, 6.07) is 20.4. The van der Waals surface area contributed by atoms with Gasteiger partial charge >= 0.3 is 5.97 Å². The van der Waals surface area contributed by atoms with Gasteiger partial charge in [-0.05, 0) is 70.9 Å². The summed E-state index contributed by atoms with van der Waals surface area (Å²) in [4.78, 5) is 37.8. The fourth-order valence-electron chi connectivity index (χ4n) is 3.51. The number of carbonyl (C=O) groups excluding carboxylic acids is 2. The first-order valence-electron chi connectivity index (χ1n) is 10.8. The highest BCUT2D eigenvalue weighted by Crippen LogP contribution is 2.35. The van der Waals surface area contributed by atoms with Gasteiger partial charge in [-0.15, -0.1) is 0 Å². The van der Waals surface area contributed by atoms with Crippen LogP contribution in [-0.4, -0.2) is 34.2 Å². The van der Waals surface area contributed by atoms with Crippen molar-refractivity contribution in [1.29, 1.82) is 5.26 Å². The van der Waals surface area contributed by atoms with Gasteiger partial charge < -0.3 is 14.6 Å². The van der Waals surface area contributed by atoms with Crippen LogP contribution in [0.4, 0.5) is 4.79 Å². The monoisotopic (exact) mass is 500 g/mol. The van der Waals surface area contributed by atoms with E-state index < -0.39 is 11.9 Å². The molecule has 1 aliphatic heterocycles. The minimum atomic E-state index is -0.995. The summed E-state index contributed by atoms with van der Waals surface area (Å²) in [7, 11) is 1.50. The topological polar surface area (TPSA) is 117 Å². The summed E-state index contributed by atoms with van der Waals surface area (Å²) in [5.74, 6) is -0.483. The van der Waals surface area contributed by atoms with E-state index in [4.69, 9.17) is 19.8 Å². The van der Waals surface area contributed by atoms with Gasteiger partial charge in [0.1, 0.15) is 6.61 Å². The van der Waals surface area contributed by atoms with Gasteiger partial charge in [0.25, 0.3) is 11.1 Å². The molecule has 36 heavy (non-hydrogen) atoms. The summed E-state index contributed by atoms with van der Waals surface area (Å²) in [5, 5.41) is 17.7. The second-order valence-electron chi connectivity index (χ2n) is 7.78. The largest absolute Gasteiger partial charge is 0.493 e. The van der Waals surface area contributed by atoms with Crippen molar-refractivity contribution >= 4 is 35.0 Å². The zero-order valence-electron chi connectivity index (χ0n) is 19.1. The van der Waals surface area contributed by atoms with Crippen LogP contribution in [0.25, 0.3) is 6.08 Å². The van der Waals surface area contributed by atoms with Crippen LogP contribution in [0, 0.1) is 11.3 Å². The van der Waals surface area contributed by atoms with Crippen molar-refractivity contribution in [2.45, 2.75) is 13.2 Å². The molecule has 1 saturated heterocycles. The first-order chi connectivity index (χ1) is 17.4. The molecule has 0 radical (unpaired) electrons. The molecule has 0 aromatic heterocycles. The van der Waals surface area contributed by atoms with E-state index in [9.17, 15) is 14.4 Å². The molecular weight excluding hydrogens is 480 g/mol. The van der Waals surface area contributed by atoms with Crippen LogP contribution < -0.4 is 9.47 Å². The predicted octanol–water partition coefficient (Wildman–Crippen LogP) is 5.08. The summed E-state index contributed by atoms with van der Waals surface area (Å²) < 4.78 is 11.3. The molecule has 1 aliphatic rings. The molecule has 1 heterocycles. The summed E-state index contributed by atoms with van der Waals surface area (Å²) in [6.45, 7) is 0.294. The van der Waals surface area contributed by atoms with E-state index >= 15 is 0 Å². The summed E-state index contributed by atoms with van der Waals surface area (Å²) in [5.41, 5.74) is 2.79. The van der Waals surface area contributed by atoms with Crippen LogP contribution in [-0.2, 0) is 17.9 Å². The molecule has 0 bridgehead atoms. The van der Waals surface area contributed by atoms with Gasteiger partial charge in [0, 0.05) is 0 Å². The van der Waals surface area contributed by atoms with E-state index in [1.54, 1.807) is 60.7 Å². The second kappa shape index (κ2) is 10.8. The van der Waals surface area contributed by atoms with E-state index in [0.29, 0.717) is 28.2 Å². The van der Waals surface area contributed by atoms with Crippen LogP contribution in [0.15, 0.2) is 71.6 Å². The molecule has 1 N–H and O–H groups in total. The third-order valence-electron chi connectivity index (χ3n) is 5.35. The molecule has 3 aromatic carbocycles. The lowest BCUT2D eigenvalue weighted by Gasteiger charge is -2.13. The molecule has 0 saturated carbocycles. The Kier molecular flexibility index (Phi) is 7.37. The van der Waals surface area contributed by atoms with Crippen LogP contribution in [0.3, 0.4) is 0 Å². The van der Waals surface area contributed by atoms with Gasteiger partial charge in [0.2, 0.25) is 0 Å². The van der Waals surface area contributed by atoms with Crippen molar-refractivity contribution in [3.63, 3.8) is 0 Å². The number of nitriles is 1. The zero-order valence-corrected chi connectivity index (χ0v) is 20.0. The number of carbonyl (C=O) groups is 3. The van der Waals surface area contributed by atoms with Gasteiger partial charge in [0.15, 0.2) is 11.5 Å². The minimum absolute atomic E-state index is 0.0844. The smallest absolute Gasteiger partial charge is 0.335 e. The highest BCUT2D eigenvalue weighted by atomic mass is 32.2. The Bertz CT molecular complexity index is 1410. The molecule has 4 rings (SSSR count). The number of imide groups is 1. The molecule has 9 heteroatoms. The number of benzene rings is 3. The van der Waals surface area contributed by atoms with E-state index in [0.717, 1.165) is 22.2 Å². The number of rotatable bonds is 8. The van der Waals surface area contributed by atoms with Crippen LogP contribution >= 0.6 is 11.8 Å². The molecular formula is C27H20N2O6S. The quantitative estimate of drug-likeness (QED) is 0.426. The Balaban J connectivity index is 1.46. The molecule has 1 fully saturated rings.